The third-order valence-electron chi connectivity index (χ3n) is 3.83. The van der Waals surface area contributed by atoms with E-state index in [2.05, 4.69) is 41.5 Å². The number of thioether (sulfide) groups is 1. The molecule has 0 unspecified atom stereocenters. The number of carbonyl (C=O) groups excluding carboxylic acids is 1. The number of nitrogens with one attached hydrogen (secondary N) is 1. The van der Waals surface area contributed by atoms with Gasteiger partial charge in [0.15, 0.2) is 5.16 Å². The van der Waals surface area contributed by atoms with Crippen molar-refractivity contribution in [3.63, 3.8) is 0 Å². The van der Waals surface area contributed by atoms with Gasteiger partial charge in [0.1, 0.15) is 12.1 Å². The summed E-state index contributed by atoms with van der Waals surface area (Å²) in [5.74, 6) is -0.193. The minimum Gasteiger partial charge on any atom is -0.323 e. The molecule has 0 bridgehead atoms. The van der Waals surface area contributed by atoms with Crippen molar-refractivity contribution < 1.29 is 9.18 Å². The maximum atomic E-state index is 13.6. The summed E-state index contributed by atoms with van der Waals surface area (Å²) in [6.45, 7) is 4.28. The van der Waals surface area contributed by atoms with Gasteiger partial charge < -0.3 is 5.32 Å². The van der Waals surface area contributed by atoms with E-state index in [1.807, 2.05) is 16.7 Å². The minimum atomic E-state index is -0.459. The Morgan fingerprint density at radius 3 is 2.62 bits per heavy atom. The molecule has 0 aliphatic heterocycles. The van der Waals surface area contributed by atoms with E-state index in [-0.39, 0.29) is 17.3 Å². The van der Waals surface area contributed by atoms with Crippen molar-refractivity contribution >= 4 is 23.4 Å². The summed E-state index contributed by atoms with van der Waals surface area (Å²) < 4.78 is 15.4. The average Bonchev–Trinajstić information content (AvgIpc) is 3.10. The SMILES string of the molecule is CC(C)c1ccc(-n2cnnc2SCC(=O)Nc2ccccc2F)cc1. The van der Waals surface area contributed by atoms with Crippen molar-refractivity contribution in [1.82, 2.24) is 14.8 Å². The molecule has 0 saturated carbocycles. The van der Waals surface area contributed by atoms with Crippen molar-refractivity contribution in [3.8, 4) is 5.69 Å². The zero-order chi connectivity index (χ0) is 18.5. The number of aromatic nitrogens is 3. The average molecular weight is 370 g/mol. The van der Waals surface area contributed by atoms with Gasteiger partial charge in [0.2, 0.25) is 5.91 Å². The van der Waals surface area contributed by atoms with Crippen molar-refractivity contribution in [1.29, 1.82) is 0 Å². The van der Waals surface area contributed by atoms with Crippen LogP contribution in [0.25, 0.3) is 5.69 Å². The molecule has 0 aliphatic rings. The molecule has 0 aliphatic carbocycles. The van der Waals surface area contributed by atoms with Gasteiger partial charge in [-0.2, -0.15) is 0 Å². The summed E-state index contributed by atoms with van der Waals surface area (Å²) in [5.41, 5.74) is 2.35. The first-order chi connectivity index (χ1) is 12.5. The van der Waals surface area contributed by atoms with Gasteiger partial charge in [-0.3, -0.25) is 9.36 Å². The second-order valence-electron chi connectivity index (χ2n) is 6.05. The molecule has 1 aromatic heterocycles. The number of amides is 1. The molecular weight excluding hydrogens is 351 g/mol. The predicted octanol–water partition coefficient (Wildman–Crippen LogP) is 4.26. The lowest BCUT2D eigenvalue weighted by molar-refractivity contribution is -0.113. The summed E-state index contributed by atoms with van der Waals surface area (Å²) in [6, 6.07) is 14.2. The van der Waals surface area contributed by atoms with Crippen molar-refractivity contribution in [2.45, 2.75) is 24.9 Å². The monoisotopic (exact) mass is 370 g/mol. The molecule has 134 valence electrons. The molecule has 2 aromatic carbocycles. The standard InChI is InChI=1S/C19H19FN4OS/c1-13(2)14-7-9-15(10-8-14)24-12-21-23-19(24)26-11-18(25)22-17-6-4-3-5-16(17)20/h3-10,12-13H,11H2,1-2H3,(H,22,25). The van der Waals surface area contributed by atoms with Gasteiger partial charge in [-0.1, -0.05) is 49.9 Å². The summed E-state index contributed by atoms with van der Waals surface area (Å²) in [7, 11) is 0. The topological polar surface area (TPSA) is 59.8 Å². The van der Waals surface area contributed by atoms with Crippen LogP contribution in [-0.4, -0.2) is 26.4 Å². The molecule has 5 nitrogen and oxygen atoms in total. The number of para-hydroxylation sites is 1. The molecule has 7 heteroatoms. The van der Waals surface area contributed by atoms with Crippen LogP contribution in [0, 0.1) is 5.82 Å². The fourth-order valence-electron chi connectivity index (χ4n) is 2.40. The quantitative estimate of drug-likeness (QED) is 0.659. The molecule has 1 heterocycles. The summed E-state index contributed by atoms with van der Waals surface area (Å²) in [4.78, 5) is 12.1. The lowest BCUT2D eigenvalue weighted by Gasteiger charge is -2.09. The van der Waals surface area contributed by atoms with Gasteiger partial charge in [0.05, 0.1) is 11.4 Å². The lowest BCUT2D eigenvalue weighted by atomic mass is 10.0. The van der Waals surface area contributed by atoms with E-state index in [0.29, 0.717) is 11.1 Å². The molecule has 26 heavy (non-hydrogen) atoms. The van der Waals surface area contributed by atoms with Crippen LogP contribution < -0.4 is 5.32 Å². The highest BCUT2D eigenvalue weighted by molar-refractivity contribution is 7.99. The van der Waals surface area contributed by atoms with Gasteiger partial charge in [-0.15, -0.1) is 10.2 Å². The van der Waals surface area contributed by atoms with E-state index in [1.54, 1.807) is 18.5 Å². The van der Waals surface area contributed by atoms with Gasteiger partial charge in [-0.05, 0) is 35.7 Å². The molecule has 0 fully saturated rings. The van der Waals surface area contributed by atoms with Gasteiger partial charge in [-0.25, -0.2) is 4.39 Å². The molecule has 1 amide bonds. The number of benzene rings is 2. The zero-order valence-electron chi connectivity index (χ0n) is 14.5. The van der Waals surface area contributed by atoms with Crippen LogP contribution in [0.3, 0.4) is 0 Å². The van der Waals surface area contributed by atoms with E-state index < -0.39 is 5.82 Å². The van der Waals surface area contributed by atoms with Crippen LogP contribution in [0.5, 0.6) is 0 Å². The Morgan fingerprint density at radius 1 is 1.19 bits per heavy atom. The summed E-state index contributed by atoms with van der Waals surface area (Å²) >= 11 is 1.25. The number of anilines is 1. The Morgan fingerprint density at radius 2 is 1.92 bits per heavy atom. The molecule has 0 saturated heterocycles. The molecule has 0 spiro atoms. The molecule has 0 atom stereocenters. The minimum absolute atomic E-state index is 0.108. The van der Waals surface area contributed by atoms with Crippen LogP contribution in [0.4, 0.5) is 10.1 Å². The van der Waals surface area contributed by atoms with E-state index in [1.165, 1.54) is 29.5 Å². The van der Waals surface area contributed by atoms with Crippen LogP contribution in [0.1, 0.15) is 25.3 Å². The van der Waals surface area contributed by atoms with Gasteiger partial charge >= 0.3 is 0 Å². The second kappa shape index (κ2) is 8.14. The number of rotatable bonds is 6. The highest BCUT2D eigenvalue weighted by Gasteiger charge is 2.12. The molecule has 1 N–H and O–H groups in total. The predicted molar refractivity (Wildman–Crippen MR) is 101 cm³/mol. The maximum Gasteiger partial charge on any atom is 0.234 e. The van der Waals surface area contributed by atoms with Gasteiger partial charge in [0, 0.05) is 5.69 Å². The Balaban J connectivity index is 1.65. The zero-order valence-corrected chi connectivity index (χ0v) is 15.3. The first kappa shape index (κ1) is 18.1. The Labute approximate surface area is 155 Å². The largest absolute Gasteiger partial charge is 0.323 e. The number of hydrogen-bond acceptors (Lipinski definition) is 4. The highest BCUT2D eigenvalue weighted by Crippen LogP contribution is 2.22. The Kier molecular flexibility index (Phi) is 5.68. The number of nitrogens with zero attached hydrogens (tertiary/aromatic N) is 3. The third-order valence-corrected chi connectivity index (χ3v) is 4.78. The van der Waals surface area contributed by atoms with Crippen molar-refractivity contribution in [2.75, 3.05) is 11.1 Å². The first-order valence-corrected chi connectivity index (χ1v) is 9.20. The lowest BCUT2D eigenvalue weighted by Crippen LogP contribution is -2.15. The first-order valence-electron chi connectivity index (χ1n) is 8.22. The van der Waals surface area contributed by atoms with E-state index >= 15 is 0 Å². The van der Waals surface area contributed by atoms with Crippen LogP contribution >= 0.6 is 11.8 Å². The molecule has 0 radical (unpaired) electrons. The van der Waals surface area contributed by atoms with E-state index in [0.717, 1.165) is 5.69 Å². The summed E-state index contributed by atoms with van der Waals surface area (Å²) in [5, 5.41) is 11.2. The Hall–Kier alpha value is -2.67. The van der Waals surface area contributed by atoms with Gasteiger partial charge in [0.25, 0.3) is 0 Å². The fourth-order valence-corrected chi connectivity index (χ4v) is 3.13. The molecular formula is C19H19FN4OS. The van der Waals surface area contributed by atoms with Crippen molar-refractivity contribution in [3.05, 3.63) is 66.2 Å². The van der Waals surface area contributed by atoms with E-state index in [4.69, 9.17) is 0 Å². The van der Waals surface area contributed by atoms with Crippen molar-refractivity contribution in [2.24, 2.45) is 0 Å². The number of carbonyl (C=O) groups is 1. The second-order valence-corrected chi connectivity index (χ2v) is 6.99. The third kappa shape index (κ3) is 4.29. The van der Waals surface area contributed by atoms with Crippen LogP contribution in [-0.2, 0) is 4.79 Å². The van der Waals surface area contributed by atoms with E-state index in [9.17, 15) is 9.18 Å². The normalized spacial score (nSPS) is 10.9. The van der Waals surface area contributed by atoms with Crippen LogP contribution in [0.2, 0.25) is 0 Å². The Bertz CT molecular complexity index is 893. The maximum absolute atomic E-state index is 13.6. The number of hydrogen-bond donors (Lipinski definition) is 1. The van der Waals surface area contributed by atoms with Crippen LogP contribution in [0.15, 0.2) is 60.0 Å². The smallest absolute Gasteiger partial charge is 0.234 e. The molecule has 3 rings (SSSR count). The number of halogens is 1. The molecule has 3 aromatic rings. The fraction of sp³-hybridized carbons (Fsp3) is 0.211. The summed E-state index contributed by atoms with van der Waals surface area (Å²) in [6.07, 6.45) is 1.61. The highest BCUT2D eigenvalue weighted by atomic mass is 32.2.